The second-order valence-electron chi connectivity index (χ2n) is 4.36. The van der Waals surface area contributed by atoms with Crippen molar-refractivity contribution in [2.45, 2.75) is 10.9 Å². The van der Waals surface area contributed by atoms with Gasteiger partial charge in [0.25, 0.3) is 0 Å². The number of methoxy groups -OCH3 is 1. The van der Waals surface area contributed by atoms with Gasteiger partial charge in [-0.05, 0) is 30.3 Å². The SMILES string of the molecule is COC(=O)c1ccc(CSc2nc3ccc(N)cc3[nH]2)o1. The lowest BCUT2D eigenvalue weighted by Gasteiger charge is -1.95. The zero-order valence-corrected chi connectivity index (χ0v) is 12.1. The van der Waals surface area contributed by atoms with Crippen LogP contribution >= 0.6 is 11.8 Å². The Morgan fingerprint density at radius 2 is 2.29 bits per heavy atom. The Balaban J connectivity index is 1.71. The monoisotopic (exact) mass is 303 g/mol. The number of aromatic nitrogens is 2. The highest BCUT2D eigenvalue weighted by molar-refractivity contribution is 7.98. The maximum atomic E-state index is 11.3. The fraction of sp³-hybridized carbons (Fsp3) is 0.143. The summed E-state index contributed by atoms with van der Waals surface area (Å²) >= 11 is 1.48. The molecule has 0 bridgehead atoms. The molecule has 2 heterocycles. The molecule has 7 heteroatoms. The van der Waals surface area contributed by atoms with E-state index >= 15 is 0 Å². The maximum absolute atomic E-state index is 11.3. The number of nitrogens with one attached hydrogen (secondary N) is 1. The molecule has 0 aliphatic carbocycles. The van der Waals surface area contributed by atoms with Gasteiger partial charge in [-0.15, -0.1) is 0 Å². The molecule has 2 aromatic heterocycles. The number of thioether (sulfide) groups is 1. The first-order valence-corrected chi connectivity index (χ1v) is 7.19. The second kappa shape index (κ2) is 5.53. The molecule has 0 radical (unpaired) electrons. The van der Waals surface area contributed by atoms with Gasteiger partial charge in [-0.25, -0.2) is 9.78 Å². The molecule has 1 aromatic carbocycles. The van der Waals surface area contributed by atoms with Crippen molar-refractivity contribution in [2.24, 2.45) is 0 Å². The standard InChI is InChI=1S/C14H13N3O3S/c1-19-13(18)12-5-3-9(20-12)7-21-14-16-10-4-2-8(15)6-11(10)17-14/h2-6H,7,15H2,1H3,(H,16,17). The summed E-state index contributed by atoms with van der Waals surface area (Å²) in [5.41, 5.74) is 8.18. The van der Waals surface area contributed by atoms with Crippen LogP contribution in [0.15, 0.2) is 39.9 Å². The molecule has 21 heavy (non-hydrogen) atoms. The van der Waals surface area contributed by atoms with Gasteiger partial charge in [-0.2, -0.15) is 0 Å². The number of aromatic amines is 1. The Morgan fingerprint density at radius 3 is 3.10 bits per heavy atom. The van der Waals surface area contributed by atoms with Gasteiger partial charge in [0.15, 0.2) is 5.16 Å². The van der Waals surface area contributed by atoms with E-state index in [9.17, 15) is 4.79 Å². The average Bonchev–Trinajstić information content (AvgIpc) is 3.10. The number of H-pyrrole nitrogens is 1. The van der Waals surface area contributed by atoms with Crippen molar-refractivity contribution in [3.05, 3.63) is 41.9 Å². The van der Waals surface area contributed by atoms with Crippen molar-refractivity contribution in [2.75, 3.05) is 12.8 Å². The Hall–Kier alpha value is -2.41. The van der Waals surface area contributed by atoms with E-state index in [1.54, 1.807) is 12.1 Å². The third kappa shape index (κ3) is 2.87. The third-order valence-electron chi connectivity index (χ3n) is 2.88. The van der Waals surface area contributed by atoms with E-state index in [0.29, 0.717) is 17.2 Å². The first kappa shape index (κ1) is 13.6. The third-order valence-corrected chi connectivity index (χ3v) is 3.78. The number of esters is 1. The molecular formula is C14H13N3O3S. The van der Waals surface area contributed by atoms with E-state index < -0.39 is 5.97 Å². The van der Waals surface area contributed by atoms with Gasteiger partial charge >= 0.3 is 5.97 Å². The average molecular weight is 303 g/mol. The summed E-state index contributed by atoms with van der Waals surface area (Å²) in [6, 6.07) is 8.87. The highest BCUT2D eigenvalue weighted by atomic mass is 32.2. The van der Waals surface area contributed by atoms with Crippen molar-refractivity contribution >= 4 is 34.5 Å². The molecule has 3 N–H and O–H groups in total. The summed E-state index contributed by atoms with van der Waals surface area (Å²) in [7, 11) is 1.32. The normalized spacial score (nSPS) is 10.9. The number of ether oxygens (including phenoxy) is 1. The number of hydrogen-bond acceptors (Lipinski definition) is 6. The summed E-state index contributed by atoms with van der Waals surface area (Å²) in [4.78, 5) is 18.9. The highest BCUT2D eigenvalue weighted by Crippen LogP contribution is 2.25. The van der Waals surface area contributed by atoms with Crippen molar-refractivity contribution in [1.82, 2.24) is 9.97 Å². The van der Waals surface area contributed by atoms with Crippen molar-refractivity contribution < 1.29 is 13.9 Å². The number of nitrogen functional groups attached to an aromatic ring is 1. The number of hydrogen-bond donors (Lipinski definition) is 2. The minimum atomic E-state index is -0.481. The van der Waals surface area contributed by atoms with E-state index in [0.717, 1.165) is 16.2 Å². The fourth-order valence-electron chi connectivity index (χ4n) is 1.88. The van der Waals surface area contributed by atoms with Gasteiger partial charge in [0.2, 0.25) is 5.76 Å². The van der Waals surface area contributed by atoms with Crippen LogP contribution in [-0.2, 0) is 10.5 Å². The first-order valence-electron chi connectivity index (χ1n) is 6.21. The van der Waals surface area contributed by atoms with Crippen molar-refractivity contribution in [3.63, 3.8) is 0 Å². The Bertz CT molecular complexity index is 794. The molecule has 0 atom stereocenters. The summed E-state index contributed by atoms with van der Waals surface area (Å²) in [6.07, 6.45) is 0. The molecule has 0 amide bonds. The first-order chi connectivity index (χ1) is 10.2. The van der Waals surface area contributed by atoms with Gasteiger partial charge < -0.3 is 19.9 Å². The number of nitrogens with zero attached hydrogens (tertiary/aromatic N) is 1. The molecule has 3 rings (SSSR count). The van der Waals surface area contributed by atoms with Crippen molar-refractivity contribution in [3.8, 4) is 0 Å². The predicted molar refractivity (Wildman–Crippen MR) is 80.1 cm³/mol. The summed E-state index contributed by atoms with van der Waals surface area (Å²) < 4.78 is 9.99. The van der Waals surface area contributed by atoms with Crippen LogP contribution in [-0.4, -0.2) is 23.0 Å². The minimum absolute atomic E-state index is 0.200. The molecule has 0 saturated carbocycles. The van der Waals surface area contributed by atoms with Gasteiger partial charge in [0, 0.05) is 5.69 Å². The number of imidazole rings is 1. The van der Waals surface area contributed by atoms with Gasteiger partial charge in [-0.1, -0.05) is 11.8 Å². The van der Waals surface area contributed by atoms with Crippen LogP contribution in [0.2, 0.25) is 0 Å². The number of carbonyl (C=O) groups excluding carboxylic acids is 1. The van der Waals surface area contributed by atoms with Gasteiger partial charge in [0.1, 0.15) is 5.76 Å². The lowest BCUT2D eigenvalue weighted by molar-refractivity contribution is 0.0563. The molecule has 0 spiro atoms. The zero-order chi connectivity index (χ0) is 14.8. The second-order valence-corrected chi connectivity index (χ2v) is 5.33. The molecule has 108 valence electrons. The van der Waals surface area contributed by atoms with Crippen LogP contribution in [0.5, 0.6) is 0 Å². The summed E-state index contributed by atoms with van der Waals surface area (Å²) in [6.45, 7) is 0. The molecule has 3 aromatic rings. The number of anilines is 1. The van der Waals surface area contributed by atoms with E-state index in [-0.39, 0.29) is 5.76 Å². The number of nitrogens with two attached hydrogens (primary N) is 1. The van der Waals surface area contributed by atoms with Crippen molar-refractivity contribution in [1.29, 1.82) is 0 Å². The number of fused-ring (bicyclic) bond motifs is 1. The van der Waals surface area contributed by atoms with Crippen LogP contribution in [0.1, 0.15) is 16.3 Å². The largest absolute Gasteiger partial charge is 0.463 e. The number of benzene rings is 1. The maximum Gasteiger partial charge on any atom is 0.373 e. The molecule has 0 aliphatic heterocycles. The predicted octanol–water partition coefficient (Wildman–Crippen LogP) is 2.82. The highest BCUT2D eigenvalue weighted by Gasteiger charge is 2.12. The zero-order valence-electron chi connectivity index (χ0n) is 11.3. The van der Waals surface area contributed by atoms with Crippen LogP contribution in [0.4, 0.5) is 5.69 Å². The van der Waals surface area contributed by atoms with Gasteiger partial charge in [0.05, 0.1) is 23.9 Å². The van der Waals surface area contributed by atoms with E-state index in [1.165, 1.54) is 18.9 Å². The Kier molecular flexibility index (Phi) is 3.57. The van der Waals surface area contributed by atoms with E-state index in [1.807, 2.05) is 18.2 Å². The van der Waals surface area contributed by atoms with Crippen LogP contribution in [0.3, 0.4) is 0 Å². The lowest BCUT2D eigenvalue weighted by Crippen LogP contribution is -1.98. The van der Waals surface area contributed by atoms with Crippen LogP contribution < -0.4 is 5.73 Å². The molecule has 0 fully saturated rings. The molecule has 0 unspecified atom stereocenters. The lowest BCUT2D eigenvalue weighted by atomic mass is 10.3. The van der Waals surface area contributed by atoms with Gasteiger partial charge in [-0.3, -0.25) is 0 Å². The number of carbonyl (C=O) groups is 1. The number of furan rings is 1. The summed E-state index contributed by atoms with van der Waals surface area (Å²) in [5.74, 6) is 0.961. The fourth-order valence-corrected chi connectivity index (χ4v) is 2.66. The Labute approximate surface area is 124 Å². The van der Waals surface area contributed by atoms with Crippen LogP contribution in [0.25, 0.3) is 11.0 Å². The quantitative estimate of drug-likeness (QED) is 0.437. The molecular weight excluding hydrogens is 290 g/mol. The Morgan fingerprint density at radius 1 is 1.43 bits per heavy atom. The minimum Gasteiger partial charge on any atom is -0.463 e. The van der Waals surface area contributed by atoms with E-state index in [4.69, 9.17) is 10.2 Å². The molecule has 6 nitrogen and oxygen atoms in total. The summed E-state index contributed by atoms with van der Waals surface area (Å²) in [5, 5.41) is 0.770. The topological polar surface area (TPSA) is 94.1 Å². The number of rotatable bonds is 4. The molecule has 0 aliphatic rings. The van der Waals surface area contributed by atoms with Crippen LogP contribution in [0, 0.1) is 0 Å². The molecule has 0 saturated heterocycles. The van der Waals surface area contributed by atoms with E-state index in [2.05, 4.69) is 14.7 Å². The smallest absolute Gasteiger partial charge is 0.373 e.